The Balaban J connectivity index is 1.58. The van der Waals surface area contributed by atoms with Crippen molar-refractivity contribution in [2.75, 3.05) is 16.4 Å². The third-order valence-corrected chi connectivity index (χ3v) is 4.89. The van der Waals surface area contributed by atoms with Gasteiger partial charge >= 0.3 is 6.03 Å². The highest BCUT2D eigenvalue weighted by molar-refractivity contribution is 6.44. The molecule has 2 heterocycles. The van der Waals surface area contributed by atoms with Gasteiger partial charge in [-0.25, -0.2) is 14.8 Å². The Kier molecular flexibility index (Phi) is 4.77. The number of nitrogens with two attached hydrogens (primary N) is 1. The number of nitrogens with one attached hydrogen (secondary N) is 2. The van der Waals surface area contributed by atoms with Crippen LogP contribution >= 0.6 is 23.2 Å². The van der Waals surface area contributed by atoms with Crippen molar-refractivity contribution in [3.8, 4) is 11.3 Å². The molecule has 4 aromatic rings. The van der Waals surface area contributed by atoms with Gasteiger partial charge in [0.1, 0.15) is 0 Å². The van der Waals surface area contributed by atoms with Crippen LogP contribution in [0.25, 0.3) is 16.9 Å². The average molecular weight is 413 g/mol. The maximum atomic E-state index is 12.3. The van der Waals surface area contributed by atoms with E-state index >= 15 is 0 Å². The quantitative estimate of drug-likeness (QED) is 0.444. The fourth-order valence-corrected chi connectivity index (χ4v) is 3.14. The molecule has 0 radical (unpaired) electrons. The molecule has 0 saturated carbocycles. The second-order valence-corrected chi connectivity index (χ2v) is 6.70. The van der Waals surface area contributed by atoms with Gasteiger partial charge in [0.25, 0.3) is 0 Å². The largest absolute Gasteiger partial charge is 0.381 e. The Morgan fingerprint density at radius 2 is 1.89 bits per heavy atom. The van der Waals surface area contributed by atoms with E-state index in [-0.39, 0.29) is 5.02 Å². The number of amides is 2. The van der Waals surface area contributed by atoms with Crippen LogP contribution in [0.2, 0.25) is 10.0 Å². The molecule has 0 atom stereocenters. The lowest BCUT2D eigenvalue weighted by molar-refractivity contribution is 0.262. The summed E-state index contributed by atoms with van der Waals surface area (Å²) in [5.74, 6) is 0.348. The van der Waals surface area contributed by atoms with Crippen molar-refractivity contribution in [1.82, 2.24) is 14.4 Å². The number of carbonyl (C=O) groups is 1. The molecule has 0 aliphatic carbocycles. The van der Waals surface area contributed by atoms with Gasteiger partial charge in [0, 0.05) is 23.6 Å². The molecule has 7 nitrogen and oxygen atoms in total. The van der Waals surface area contributed by atoms with Crippen molar-refractivity contribution in [2.45, 2.75) is 0 Å². The Labute approximate surface area is 170 Å². The van der Waals surface area contributed by atoms with Gasteiger partial charge in [0.15, 0.2) is 11.5 Å². The summed E-state index contributed by atoms with van der Waals surface area (Å²) in [6.45, 7) is 0. The van der Waals surface area contributed by atoms with Gasteiger partial charge in [-0.2, -0.15) is 0 Å². The lowest BCUT2D eigenvalue weighted by Crippen LogP contribution is -2.19. The van der Waals surface area contributed by atoms with E-state index in [2.05, 4.69) is 20.6 Å². The molecule has 2 amide bonds. The molecule has 9 heteroatoms. The number of aromatic nitrogens is 3. The van der Waals surface area contributed by atoms with Gasteiger partial charge < -0.3 is 16.4 Å². The van der Waals surface area contributed by atoms with Gasteiger partial charge in [0.2, 0.25) is 0 Å². The Bertz CT molecular complexity index is 1190. The van der Waals surface area contributed by atoms with E-state index in [0.29, 0.717) is 27.9 Å². The third-order valence-electron chi connectivity index (χ3n) is 4.07. The molecule has 4 N–H and O–H groups in total. The highest BCUT2D eigenvalue weighted by Crippen LogP contribution is 2.30. The van der Waals surface area contributed by atoms with Gasteiger partial charge in [-0.1, -0.05) is 41.4 Å². The number of nitrogen functional groups attached to an aromatic ring is 1. The van der Waals surface area contributed by atoms with Crippen molar-refractivity contribution in [3.05, 3.63) is 71.1 Å². The molecule has 0 spiro atoms. The minimum Gasteiger partial charge on any atom is -0.381 e. The van der Waals surface area contributed by atoms with Crippen LogP contribution in [0.1, 0.15) is 0 Å². The van der Waals surface area contributed by atoms with Crippen LogP contribution in [0.5, 0.6) is 0 Å². The van der Waals surface area contributed by atoms with Gasteiger partial charge in [0.05, 0.1) is 27.6 Å². The fourth-order valence-electron chi connectivity index (χ4n) is 2.79. The normalized spacial score (nSPS) is 10.8. The van der Waals surface area contributed by atoms with E-state index in [0.717, 1.165) is 11.3 Å². The smallest absolute Gasteiger partial charge is 0.323 e. The van der Waals surface area contributed by atoms with Crippen LogP contribution in [-0.4, -0.2) is 20.4 Å². The Morgan fingerprint density at radius 1 is 1.07 bits per heavy atom. The van der Waals surface area contributed by atoms with Crippen LogP contribution in [0, 0.1) is 0 Å². The molecule has 0 unspecified atom stereocenters. The molecule has 0 aliphatic rings. The summed E-state index contributed by atoms with van der Waals surface area (Å²) >= 11 is 12.1. The summed E-state index contributed by atoms with van der Waals surface area (Å²) in [4.78, 5) is 20.7. The maximum Gasteiger partial charge on any atom is 0.323 e. The number of rotatable bonds is 3. The molecule has 2 aromatic heterocycles. The molecule has 2 aromatic carbocycles. The number of anilines is 3. The highest BCUT2D eigenvalue weighted by atomic mass is 35.5. The van der Waals surface area contributed by atoms with Crippen LogP contribution < -0.4 is 16.4 Å². The molecule has 140 valence electrons. The highest BCUT2D eigenvalue weighted by Gasteiger charge is 2.11. The zero-order valence-corrected chi connectivity index (χ0v) is 15.9. The van der Waals surface area contributed by atoms with Crippen LogP contribution in [0.3, 0.4) is 0 Å². The number of fused-ring (bicyclic) bond motifs is 1. The first-order valence-corrected chi connectivity index (χ1v) is 8.98. The van der Waals surface area contributed by atoms with E-state index in [1.807, 2.05) is 22.6 Å². The topological polar surface area (TPSA) is 97.3 Å². The summed E-state index contributed by atoms with van der Waals surface area (Å²) in [5, 5.41) is 6.11. The number of urea groups is 1. The standard InChI is InChI=1S/C19H14Cl2N6O/c20-13-5-2-6-14(16(13)21)26-19(28)25-12-4-1-3-11(9-12)15-10-24-18-17(22)23-7-8-27(15)18/h1-10H,(H2,22,23)(H2,25,26,28). The van der Waals surface area contributed by atoms with Crippen LogP contribution in [-0.2, 0) is 0 Å². The Morgan fingerprint density at radius 3 is 2.75 bits per heavy atom. The predicted octanol–water partition coefficient (Wildman–Crippen LogP) is 4.93. The van der Waals surface area contributed by atoms with Crippen molar-refractivity contribution in [2.24, 2.45) is 0 Å². The van der Waals surface area contributed by atoms with Crippen LogP contribution in [0.4, 0.5) is 22.0 Å². The second-order valence-electron chi connectivity index (χ2n) is 5.91. The minimum absolute atomic E-state index is 0.282. The molecule has 28 heavy (non-hydrogen) atoms. The van der Waals surface area contributed by atoms with Gasteiger partial charge in [-0.3, -0.25) is 4.40 Å². The predicted molar refractivity (Wildman–Crippen MR) is 112 cm³/mol. The summed E-state index contributed by atoms with van der Waals surface area (Å²) in [6, 6.07) is 11.9. The molecule has 0 bridgehead atoms. The lowest BCUT2D eigenvalue weighted by Gasteiger charge is -2.11. The summed E-state index contributed by atoms with van der Waals surface area (Å²) in [7, 11) is 0. The van der Waals surface area contributed by atoms with Crippen molar-refractivity contribution >= 4 is 52.1 Å². The Hall–Kier alpha value is -3.29. The summed E-state index contributed by atoms with van der Waals surface area (Å²) < 4.78 is 1.84. The number of halogens is 2. The third kappa shape index (κ3) is 3.45. The van der Waals surface area contributed by atoms with E-state index in [1.54, 1.807) is 42.9 Å². The zero-order chi connectivity index (χ0) is 19.7. The second kappa shape index (κ2) is 7.38. The number of imidazole rings is 1. The van der Waals surface area contributed by atoms with Crippen molar-refractivity contribution < 1.29 is 4.79 Å². The zero-order valence-electron chi connectivity index (χ0n) is 14.4. The SMILES string of the molecule is Nc1nccn2c(-c3cccc(NC(=O)Nc4cccc(Cl)c4Cl)c3)cnc12. The first kappa shape index (κ1) is 18.1. The summed E-state index contributed by atoms with van der Waals surface area (Å²) in [5.41, 5.74) is 9.14. The molecule has 0 fully saturated rings. The fraction of sp³-hybridized carbons (Fsp3) is 0. The van der Waals surface area contributed by atoms with E-state index in [9.17, 15) is 4.79 Å². The molecule has 4 rings (SSSR count). The van der Waals surface area contributed by atoms with E-state index in [1.165, 1.54) is 0 Å². The first-order valence-electron chi connectivity index (χ1n) is 8.23. The number of hydrogen-bond donors (Lipinski definition) is 3. The van der Waals surface area contributed by atoms with Gasteiger partial charge in [-0.05, 0) is 24.3 Å². The van der Waals surface area contributed by atoms with Crippen molar-refractivity contribution in [3.63, 3.8) is 0 Å². The molecular weight excluding hydrogens is 399 g/mol. The minimum atomic E-state index is -0.437. The van der Waals surface area contributed by atoms with Crippen molar-refractivity contribution in [1.29, 1.82) is 0 Å². The van der Waals surface area contributed by atoms with E-state index < -0.39 is 6.03 Å². The number of hydrogen-bond acceptors (Lipinski definition) is 4. The molecular formula is C19H14Cl2N6O. The monoisotopic (exact) mass is 412 g/mol. The number of nitrogens with zero attached hydrogens (tertiary/aromatic N) is 3. The number of carbonyl (C=O) groups excluding carboxylic acids is 1. The molecule has 0 aliphatic heterocycles. The van der Waals surface area contributed by atoms with Gasteiger partial charge in [-0.15, -0.1) is 0 Å². The lowest BCUT2D eigenvalue weighted by atomic mass is 10.1. The average Bonchev–Trinajstić information content (AvgIpc) is 3.11. The van der Waals surface area contributed by atoms with E-state index in [4.69, 9.17) is 28.9 Å². The first-order chi connectivity index (χ1) is 13.5. The molecule has 0 saturated heterocycles. The number of benzene rings is 2. The van der Waals surface area contributed by atoms with Crippen LogP contribution in [0.15, 0.2) is 61.1 Å². The maximum absolute atomic E-state index is 12.3. The summed E-state index contributed by atoms with van der Waals surface area (Å²) in [6.07, 6.45) is 5.10.